The quantitative estimate of drug-likeness (QED) is 0.850. The molecule has 1 amide bonds. The van der Waals surface area contributed by atoms with Gasteiger partial charge in [0, 0.05) is 0 Å². The van der Waals surface area contributed by atoms with Crippen LogP contribution in [0, 0.1) is 11.6 Å². The van der Waals surface area contributed by atoms with Gasteiger partial charge in [-0.15, -0.1) is 0 Å². The van der Waals surface area contributed by atoms with Gasteiger partial charge >= 0.3 is 0 Å². The summed E-state index contributed by atoms with van der Waals surface area (Å²) < 4.78 is 26.7. The zero-order valence-electron chi connectivity index (χ0n) is 9.75. The van der Waals surface area contributed by atoms with Gasteiger partial charge in [0.05, 0.1) is 16.6 Å². The number of hydrogen-bond acceptors (Lipinski definition) is 3. The molecular formula is C11H9ClF2N4O. The zero-order valence-corrected chi connectivity index (χ0v) is 10.5. The van der Waals surface area contributed by atoms with Crippen LogP contribution in [-0.2, 0) is 0 Å². The van der Waals surface area contributed by atoms with Gasteiger partial charge in [0.25, 0.3) is 5.91 Å². The number of carbonyl (C=O) groups excluding carboxylic acids is 1. The predicted octanol–water partition coefficient (Wildman–Crippen LogP) is 2.23. The van der Waals surface area contributed by atoms with Gasteiger partial charge in [0.1, 0.15) is 23.8 Å². The Bertz CT molecular complexity index is 603. The van der Waals surface area contributed by atoms with Crippen LogP contribution in [0.25, 0.3) is 0 Å². The first-order chi connectivity index (χ1) is 8.99. The van der Waals surface area contributed by atoms with Crippen LogP contribution >= 0.6 is 11.6 Å². The van der Waals surface area contributed by atoms with Crippen LogP contribution in [-0.4, -0.2) is 21.1 Å². The van der Waals surface area contributed by atoms with Gasteiger partial charge < -0.3 is 5.32 Å². The van der Waals surface area contributed by atoms with Gasteiger partial charge in [-0.1, -0.05) is 11.6 Å². The van der Waals surface area contributed by atoms with Crippen LogP contribution in [0.4, 0.5) is 8.78 Å². The molecule has 0 fully saturated rings. The van der Waals surface area contributed by atoms with Crippen LogP contribution in [0.5, 0.6) is 0 Å². The van der Waals surface area contributed by atoms with E-state index in [-0.39, 0.29) is 5.02 Å². The third kappa shape index (κ3) is 2.87. The number of nitrogens with one attached hydrogen (secondary N) is 2. The summed E-state index contributed by atoms with van der Waals surface area (Å²) in [5.41, 5.74) is -0.423. The molecule has 1 atom stereocenters. The first-order valence-corrected chi connectivity index (χ1v) is 5.67. The van der Waals surface area contributed by atoms with E-state index in [1.54, 1.807) is 6.92 Å². The summed E-state index contributed by atoms with van der Waals surface area (Å²) >= 11 is 5.41. The molecule has 1 aromatic carbocycles. The standard InChI is InChI=1S/C11H9ClF2N4O/c1-5(10-15-4-16-18-10)17-11(19)6-2-9(14)7(12)3-8(6)13/h2-5H,1H3,(H,17,19)(H,15,16,18). The SMILES string of the molecule is CC(NC(=O)c1cc(F)c(Cl)cc1F)c1ncn[nH]1. The molecule has 5 nitrogen and oxygen atoms in total. The Labute approximate surface area is 112 Å². The van der Waals surface area contributed by atoms with Crippen LogP contribution in [0.2, 0.25) is 5.02 Å². The summed E-state index contributed by atoms with van der Waals surface area (Å²) in [6.07, 6.45) is 1.28. The summed E-state index contributed by atoms with van der Waals surface area (Å²) in [5.74, 6) is -2.12. The highest BCUT2D eigenvalue weighted by Crippen LogP contribution is 2.19. The second kappa shape index (κ2) is 5.31. The van der Waals surface area contributed by atoms with Crippen molar-refractivity contribution in [1.82, 2.24) is 20.5 Å². The molecule has 19 heavy (non-hydrogen) atoms. The highest BCUT2D eigenvalue weighted by Gasteiger charge is 2.18. The molecule has 0 aliphatic carbocycles. The summed E-state index contributed by atoms with van der Waals surface area (Å²) in [6, 6.07) is 0.985. The molecule has 0 aliphatic rings. The molecule has 0 radical (unpaired) electrons. The fourth-order valence-corrected chi connectivity index (χ4v) is 1.61. The Morgan fingerprint density at radius 1 is 1.42 bits per heavy atom. The lowest BCUT2D eigenvalue weighted by molar-refractivity contribution is 0.0933. The molecule has 0 bridgehead atoms. The highest BCUT2D eigenvalue weighted by atomic mass is 35.5. The number of aromatic amines is 1. The molecule has 100 valence electrons. The maximum Gasteiger partial charge on any atom is 0.254 e. The smallest absolute Gasteiger partial charge is 0.254 e. The Balaban J connectivity index is 2.19. The maximum atomic E-state index is 13.5. The van der Waals surface area contributed by atoms with Crippen molar-refractivity contribution in [3.05, 3.63) is 46.5 Å². The van der Waals surface area contributed by atoms with Crippen molar-refractivity contribution in [3.8, 4) is 0 Å². The lowest BCUT2D eigenvalue weighted by Crippen LogP contribution is -2.28. The fourth-order valence-electron chi connectivity index (χ4n) is 1.46. The topological polar surface area (TPSA) is 70.7 Å². The van der Waals surface area contributed by atoms with E-state index in [1.165, 1.54) is 6.33 Å². The minimum absolute atomic E-state index is 0.377. The molecule has 2 N–H and O–H groups in total. The molecule has 2 rings (SSSR count). The molecule has 0 spiro atoms. The molecule has 0 saturated carbocycles. The van der Waals surface area contributed by atoms with Gasteiger partial charge in [-0.3, -0.25) is 9.89 Å². The fraction of sp³-hybridized carbons (Fsp3) is 0.182. The monoisotopic (exact) mass is 286 g/mol. The Morgan fingerprint density at radius 3 is 2.79 bits per heavy atom. The van der Waals surface area contributed by atoms with Crippen molar-refractivity contribution >= 4 is 17.5 Å². The zero-order chi connectivity index (χ0) is 14.0. The van der Waals surface area contributed by atoms with Gasteiger partial charge in [0.15, 0.2) is 0 Å². The summed E-state index contributed by atoms with van der Waals surface area (Å²) in [6.45, 7) is 1.63. The van der Waals surface area contributed by atoms with E-state index in [2.05, 4.69) is 20.5 Å². The van der Waals surface area contributed by atoms with E-state index >= 15 is 0 Å². The predicted molar refractivity (Wildman–Crippen MR) is 63.6 cm³/mol. The van der Waals surface area contributed by atoms with Crippen molar-refractivity contribution in [1.29, 1.82) is 0 Å². The number of amides is 1. The van der Waals surface area contributed by atoms with Crippen LogP contribution < -0.4 is 5.32 Å². The van der Waals surface area contributed by atoms with Crippen molar-refractivity contribution in [3.63, 3.8) is 0 Å². The lowest BCUT2D eigenvalue weighted by atomic mass is 10.1. The molecule has 1 unspecified atom stereocenters. The van der Waals surface area contributed by atoms with Crippen molar-refractivity contribution < 1.29 is 13.6 Å². The van der Waals surface area contributed by atoms with E-state index in [1.807, 2.05) is 0 Å². The van der Waals surface area contributed by atoms with Crippen LogP contribution in [0.1, 0.15) is 29.1 Å². The maximum absolute atomic E-state index is 13.5. The number of benzene rings is 1. The molecular weight excluding hydrogens is 278 g/mol. The summed E-state index contributed by atoms with van der Waals surface area (Å²) in [4.78, 5) is 15.7. The van der Waals surface area contributed by atoms with E-state index in [0.717, 1.165) is 12.1 Å². The van der Waals surface area contributed by atoms with Gasteiger partial charge in [-0.25, -0.2) is 13.8 Å². The number of halogens is 3. The normalized spacial score (nSPS) is 12.2. The number of rotatable bonds is 3. The number of H-pyrrole nitrogens is 1. The molecule has 0 aliphatic heterocycles. The van der Waals surface area contributed by atoms with Gasteiger partial charge in [-0.05, 0) is 19.1 Å². The first-order valence-electron chi connectivity index (χ1n) is 5.29. The van der Waals surface area contributed by atoms with E-state index in [0.29, 0.717) is 5.82 Å². The lowest BCUT2D eigenvalue weighted by Gasteiger charge is -2.11. The van der Waals surface area contributed by atoms with E-state index in [9.17, 15) is 13.6 Å². The van der Waals surface area contributed by atoms with Crippen LogP contribution in [0.15, 0.2) is 18.5 Å². The highest BCUT2D eigenvalue weighted by molar-refractivity contribution is 6.30. The number of hydrogen-bond donors (Lipinski definition) is 2. The van der Waals surface area contributed by atoms with E-state index in [4.69, 9.17) is 11.6 Å². The molecule has 8 heteroatoms. The Hall–Kier alpha value is -2.02. The molecule has 2 aromatic rings. The third-order valence-corrected chi connectivity index (χ3v) is 2.74. The average Bonchev–Trinajstić information content (AvgIpc) is 2.87. The Kier molecular flexibility index (Phi) is 3.75. The number of carbonyl (C=O) groups is 1. The number of aromatic nitrogens is 3. The molecule has 0 saturated heterocycles. The van der Waals surface area contributed by atoms with Crippen molar-refractivity contribution in [2.45, 2.75) is 13.0 Å². The van der Waals surface area contributed by atoms with Gasteiger partial charge in [-0.2, -0.15) is 5.10 Å². The molecule has 1 aromatic heterocycles. The number of nitrogens with zero attached hydrogens (tertiary/aromatic N) is 2. The third-order valence-electron chi connectivity index (χ3n) is 2.45. The second-order valence-corrected chi connectivity index (χ2v) is 4.22. The van der Waals surface area contributed by atoms with E-state index < -0.39 is 29.1 Å². The minimum Gasteiger partial charge on any atom is -0.342 e. The first kappa shape index (κ1) is 13.4. The van der Waals surface area contributed by atoms with Crippen molar-refractivity contribution in [2.24, 2.45) is 0 Å². The second-order valence-electron chi connectivity index (χ2n) is 3.81. The summed E-state index contributed by atoms with van der Waals surface area (Å²) in [5, 5.41) is 8.28. The van der Waals surface area contributed by atoms with Gasteiger partial charge in [0.2, 0.25) is 0 Å². The molecule has 1 heterocycles. The Morgan fingerprint density at radius 2 is 2.16 bits per heavy atom. The van der Waals surface area contributed by atoms with Crippen LogP contribution in [0.3, 0.4) is 0 Å². The minimum atomic E-state index is -0.895. The van der Waals surface area contributed by atoms with Crippen molar-refractivity contribution in [2.75, 3.05) is 0 Å². The summed E-state index contributed by atoms with van der Waals surface area (Å²) in [7, 11) is 0. The largest absolute Gasteiger partial charge is 0.342 e. The average molecular weight is 287 g/mol.